The van der Waals surface area contributed by atoms with E-state index in [1.54, 1.807) is 0 Å². The van der Waals surface area contributed by atoms with Crippen LogP contribution >= 0.6 is 0 Å². The second kappa shape index (κ2) is 6.58. The average molecular weight is 266 g/mol. The lowest BCUT2D eigenvalue weighted by atomic mass is 9.58. The zero-order chi connectivity index (χ0) is 13.9. The Balaban J connectivity index is 2.13. The molecule has 0 aromatic rings. The van der Waals surface area contributed by atoms with Crippen LogP contribution in [-0.4, -0.2) is 49.1 Å². The molecule has 2 bridgehead atoms. The van der Waals surface area contributed by atoms with Crippen LogP contribution in [0.3, 0.4) is 0 Å². The van der Waals surface area contributed by atoms with Crippen LogP contribution in [0.25, 0.3) is 0 Å². The Hall–Kier alpha value is -0.0800. The van der Waals surface area contributed by atoms with Gasteiger partial charge in [-0.1, -0.05) is 27.7 Å². The number of piperidine rings is 2. The van der Waals surface area contributed by atoms with Crippen molar-refractivity contribution in [3.63, 3.8) is 0 Å². The summed E-state index contributed by atoms with van der Waals surface area (Å²) in [6.45, 7) is 17.6. The van der Waals surface area contributed by atoms with Gasteiger partial charge < -0.3 is 9.80 Å². The third kappa shape index (κ3) is 2.85. The molecule has 2 heteroatoms. The van der Waals surface area contributed by atoms with E-state index in [9.17, 15) is 0 Å². The summed E-state index contributed by atoms with van der Waals surface area (Å²) in [5.74, 6) is 1.82. The van der Waals surface area contributed by atoms with Crippen LogP contribution in [0.1, 0.15) is 53.4 Å². The minimum atomic E-state index is 0.647. The molecule has 0 amide bonds. The maximum absolute atomic E-state index is 2.75. The zero-order valence-electron chi connectivity index (χ0n) is 13.6. The summed E-state index contributed by atoms with van der Waals surface area (Å²) < 4.78 is 0. The molecule has 0 unspecified atom stereocenters. The lowest BCUT2D eigenvalue weighted by molar-refractivity contribution is -0.0964. The third-order valence-corrected chi connectivity index (χ3v) is 5.94. The molecule has 0 atom stereocenters. The van der Waals surface area contributed by atoms with Crippen molar-refractivity contribution in [1.82, 2.24) is 9.80 Å². The lowest BCUT2D eigenvalue weighted by Crippen LogP contribution is -2.63. The van der Waals surface area contributed by atoms with E-state index in [0.29, 0.717) is 5.41 Å². The number of hydrogen-bond acceptors (Lipinski definition) is 2. The maximum atomic E-state index is 2.75. The topological polar surface area (TPSA) is 6.48 Å². The number of likely N-dealkylation sites (tertiary alicyclic amines) is 2. The first-order valence-corrected chi connectivity index (χ1v) is 8.64. The van der Waals surface area contributed by atoms with Gasteiger partial charge >= 0.3 is 0 Å². The molecule has 2 rings (SSSR count). The summed E-state index contributed by atoms with van der Waals surface area (Å²) in [7, 11) is 0. The van der Waals surface area contributed by atoms with Crippen molar-refractivity contribution < 1.29 is 0 Å². The fourth-order valence-electron chi connectivity index (χ4n) is 4.97. The molecule has 0 aromatic carbocycles. The molecule has 2 aliphatic rings. The van der Waals surface area contributed by atoms with E-state index in [4.69, 9.17) is 0 Å². The number of nitrogens with zero attached hydrogens (tertiary/aromatic N) is 2. The van der Waals surface area contributed by atoms with Crippen molar-refractivity contribution in [1.29, 1.82) is 0 Å². The molecule has 0 radical (unpaired) electrons. The highest BCUT2D eigenvalue weighted by Gasteiger charge is 2.50. The normalized spacial score (nSPS) is 31.6. The fourth-order valence-corrected chi connectivity index (χ4v) is 4.97. The predicted octanol–water partition coefficient (Wildman–Crippen LogP) is 3.48. The van der Waals surface area contributed by atoms with Crippen molar-refractivity contribution in [2.24, 2.45) is 17.3 Å². The van der Waals surface area contributed by atoms with Crippen LogP contribution in [-0.2, 0) is 0 Å². The Morgan fingerprint density at radius 2 is 1.11 bits per heavy atom. The minimum absolute atomic E-state index is 0.647. The van der Waals surface area contributed by atoms with Gasteiger partial charge in [-0.25, -0.2) is 0 Å². The van der Waals surface area contributed by atoms with Crippen molar-refractivity contribution in [2.75, 3.05) is 39.3 Å². The molecule has 0 spiro atoms. The standard InChI is InChI=1S/C17H34N2/c1-5-9-18-11-15-13-19(10-6-2)14-16(12-18)17(15,7-3)8-4/h15-16H,5-14H2,1-4H3. The van der Waals surface area contributed by atoms with Crippen molar-refractivity contribution >= 4 is 0 Å². The summed E-state index contributed by atoms with van der Waals surface area (Å²) >= 11 is 0. The molecular formula is C17H34N2. The van der Waals surface area contributed by atoms with Crippen molar-refractivity contribution in [3.8, 4) is 0 Å². The van der Waals surface area contributed by atoms with Gasteiger partial charge in [0.15, 0.2) is 0 Å². The average Bonchev–Trinajstić information content (AvgIpc) is 2.39. The molecule has 2 saturated heterocycles. The third-order valence-electron chi connectivity index (χ3n) is 5.94. The van der Waals surface area contributed by atoms with E-state index in [2.05, 4.69) is 37.5 Å². The second-order valence-corrected chi connectivity index (χ2v) is 6.85. The number of rotatable bonds is 6. The van der Waals surface area contributed by atoms with Gasteiger partial charge in [-0.3, -0.25) is 0 Å². The largest absolute Gasteiger partial charge is 0.303 e. The Labute approximate surface area is 120 Å². The Bertz CT molecular complexity index is 236. The Kier molecular flexibility index (Phi) is 5.30. The smallest absolute Gasteiger partial charge is 0.00275 e. The monoisotopic (exact) mass is 266 g/mol. The Morgan fingerprint density at radius 3 is 1.37 bits per heavy atom. The van der Waals surface area contributed by atoms with E-state index in [1.165, 1.54) is 65.0 Å². The minimum Gasteiger partial charge on any atom is -0.303 e. The first-order valence-electron chi connectivity index (χ1n) is 8.64. The van der Waals surface area contributed by atoms with Crippen molar-refractivity contribution in [2.45, 2.75) is 53.4 Å². The quantitative estimate of drug-likeness (QED) is 0.726. The van der Waals surface area contributed by atoms with E-state index in [1.807, 2.05) is 0 Å². The summed E-state index contributed by atoms with van der Waals surface area (Å²) in [6.07, 6.45) is 5.39. The first-order chi connectivity index (χ1) is 9.20. The predicted molar refractivity (Wildman–Crippen MR) is 83.5 cm³/mol. The molecule has 0 aliphatic carbocycles. The first kappa shape index (κ1) is 15.3. The zero-order valence-corrected chi connectivity index (χ0v) is 13.6. The highest BCUT2D eigenvalue weighted by atomic mass is 15.2. The van der Waals surface area contributed by atoms with Crippen LogP contribution < -0.4 is 0 Å². The summed E-state index contributed by atoms with van der Waals surface area (Å²) in [5.41, 5.74) is 0.647. The molecule has 19 heavy (non-hydrogen) atoms. The number of fused-ring (bicyclic) bond motifs is 2. The van der Waals surface area contributed by atoms with E-state index >= 15 is 0 Å². The molecule has 0 aromatic heterocycles. The van der Waals surface area contributed by atoms with Gasteiger partial charge in [-0.05, 0) is 56.0 Å². The van der Waals surface area contributed by atoms with Crippen LogP contribution in [0.5, 0.6) is 0 Å². The molecule has 2 nitrogen and oxygen atoms in total. The van der Waals surface area contributed by atoms with Crippen LogP contribution in [0.2, 0.25) is 0 Å². The van der Waals surface area contributed by atoms with Gasteiger partial charge in [-0.15, -0.1) is 0 Å². The van der Waals surface area contributed by atoms with E-state index < -0.39 is 0 Å². The molecule has 2 fully saturated rings. The molecule has 2 aliphatic heterocycles. The highest BCUT2D eigenvalue weighted by molar-refractivity contribution is 5.02. The van der Waals surface area contributed by atoms with Gasteiger partial charge in [0.25, 0.3) is 0 Å². The molecule has 0 saturated carbocycles. The van der Waals surface area contributed by atoms with Gasteiger partial charge in [-0.2, -0.15) is 0 Å². The Morgan fingerprint density at radius 1 is 0.737 bits per heavy atom. The van der Waals surface area contributed by atoms with E-state index in [-0.39, 0.29) is 0 Å². The van der Waals surface area contributed by atoms with Gasteiger partial charge in [0.1, 0.15) is 0 Å². The fraction of sp³-hybridized carbons (Fsp3) is 1.00. The van der Waals surface area contributed by atoms with Gasteiger partial charge in [0, 0.05) is 26.2 Å². The molecule has 112 valence electrons. The van der Waals surface area contributed by atoms with Crippen LogP contribution in [0, 0.1) is 17.3 Å². The second-order valence-electron chi connectivity index (χ2n) is 6.85. The van der Waals surface area contributed by atoms with Gasteiger partial charge in [0.2, 0.25) is 0 Å². The van der Waals surface area contributed by atoms with Crippen LogP contribution in [0.15, 0.2) is 0 Å². The summed E-state index contributed by atoms with van der Waals surface area (Å²) in [4.78, 5) is 5.50. The lowest BCUT2D eigenvalue weighted by Gasteiger charge is -2.58. The molecular weight excluding hydrogens is 232 g/mol. The SMILES string of the molecule is CCCN1CC2CN(CCC)CC(C1)C2(CC)CC. The van der Waals surface area contributed by atoms with E-state index in [0.717, 1.165) is 11.8 Å². The van der Waals surface area contributed by atoms with Gasteiger partial charge in [0.05, 0.1) is 0 Å². The highest BCUT2D eigenvalue weighted by Crippen LogP contribution is 2.49. The van der Waals surface area contributed by atoms with Crippen LogP contribution in [0.4, 0.5) is 0 Å². The summed E-state index contributed by atoms with van der Waals surface area (Å²) in [6, 6.07) is 0. The van der Waals surface area contributed by atoms with Crippen molar-refractivity contribution in [3.05, 3.63) is 0 Å². The summed E-state index contributed by atoms with van der Waals surface area (Å²) in [5, 5.41) is 0. The maximum Gasteiger partial charge on any atom is 0.00275 e. The molecule has 0 N–H and O–H groups in total. The number of hydrogen-bond donors (Lipinski definition) is 0. The molecule has 2 heterocycles.